The molecular formula is C12H12N2O3. The Morgan fingerprint density at radius 1 is 0.941 bits per heavy atom. The van der Waals surface area contributed by atoms with Gasteiger partial charge in [-0.25, -0.2) is 0 Å². The number of nitrogens with zero attached hydrogens (tertiary/aromatic N) is 2. The first-order valence-corrected chi connectivity index (χ1v) is 5.01. The average Bonchev–Trinajstić information content (AvgIpc) is 2.40. The molecule has 2 rings (SSSR count). The molecule has 0 spiro atoms. The molecule has 0 fully saturated rings. The van der Waals surface area contributed by atoms with E-state index in [0.29, 0.717) is 23.1 Å². The largest absolute Gasteiger partial charge is 0.493 e. The van der Waals surface area contributed by atoms with Gasteiger partial charge in [0.25, 0.3) is 0 Å². The van der Waals surface area contributed by atoms with E-state index in [4.69, 9.17) is 14.2 Å². The molecule has 0 atom stereocenters. The second kappa shape index (κ2) is 5.16. The maximum Gasteiger partial charge on any atom is 0.239 e. The molecule has 5 heteroatoms. The summed E-state index contributed by atoms with van der Waals surface area (Å²) in [6, 6.07) is 8.84. The molecule has 0 radical (unpaired) electrons. The number of aromatic nitrogens is 2. The molecular weight excluding hydrogens is 220 g/mol. The summed E-state index contributed by atoms with van der Waals surface area (Å²) in [6.07, 6.45) is 1.58. The summed E-state index contributed by atoms with van der Waals surface area (Å²) >= 11 is 0. The van der Waals surface area contributed by atoms with E-state index >= 15 is 0 Å². The standard InChI is InChI=1S/C12H12N2O3/c1-15-9-5-3-6-10(16-2)12(9)17-11-7-4-8-13-14-11/h3-8H,1-2H3. The highest BCUT2D eigenvalue weighted by Gasteiger charge is 2.12. The zero-order valence-corrected chi connectivity index (χ0v) is 9.58. The molecule has 0 amide bonds. The highest BCUT2D eigenvalue weighted by atomic mass is 16.5. The molecule has 0 unspecified atom stereocenters. The third kappa shape index (κ3) is 2.44. The first kappa shape index (κ1) is 11.2. The van der Waals surface area contributed by atoms with Crippen LogP contribution in [0.25, 0.3) is 0 Å². The summed E-state index contributed by atoms with van der Waals surface area (Å²) in [5.41, 5.74) is 0. The van der Waals surface area contributed by atoms with Crippen molar-refractivity contribution in [1.82, 2.24) is 10.2 Å². The smallest absolute Gasteiger partial charge is 0.239 e. The summed E-state index contributed by atoms with van der Waals surface area (Å²) in [5, 5.41) is 7.58. The van der Waals surface area contributed by atoms with Gasteiger partial charge < -0.3 is 14.2 Å². The van der Waals surface area contributed by atoms with E-state index in [-0.39, 0.29) is 0 Å². The molecule has 5 nitrogen and oxygen atoms in total. The van der Waals surface area contributed by atoms with Gasteiger partial charge in [0.15, 0.2) is 11.5 Å². The molecule has 0 saturated carbocycles. The van der Waals surface area contributed by atoms with Crippen molar-refractivity contribution in [3.8, 4) is 23.1 Å². The third-order valence-corrected chi connectivity index (χ3v) is 2.14. The lowest BCUT2D eigenvalue weighted by atomic mass is 10.3. The van der Waals surface area contributed by atoms with E-state index in [1.54, 1.807) is 44.7 Å². The number of methoxy groups -OCH3 is 2. The van der Waals surface area contributed by atoms with Crippen LogP contribution in [0.2, 0.25) is 0 Å². The van der Waals surface area contributed by atoms with Gasteiger partial charge >= 0.3 is 0 Å². The summed E-state index contributed by atoms with van der Waals surface area (Å²) in [4.78, 5) is 0. The van der Waals surface area contributed by atoms with Crippen molar-refractivity contribution in [1.29, 1.82) is 0 Å². The van der Waals surface area contributed by atoms with Gasteiger partial charge in [-0.1, -0.05) is 6.07 Å². The first-order valence-electron chi connectivity index (χ1n) is 5.01. The summed E-state index contributed by atoms with van der Waals surface area (Å²) in [7, 11) is 3.14. The number of ether oxygens (including phenoxy) is 3. The minimum absolute atomic E-state index is 0.385. The van der Waals surface area contributed by atoms with Gasteiger partial charge in [0, 0.05) is 12.3 Å². The van der Waals surface area contributed by atoms with Gasteiger partial charge in [-0.05, 0) is 18.2 Å². The van der Waals surface area contributed by atoms with Crippen LogP contribution in [0.3, 0.4) is 0 Å². The molecule has 0 aliphatic rings. The summed E-state index contributed by atoms with van der Waals surface area (Å²) < 4.78 is 16.0. The lowest BCUT2D eigenvalue weighted by molar-refractivity contribution is 0.340. The van der Waals surface area contributed by atoms with Crippen LogP contribution in [0.4, 0.5) is 0 Å². The Balaban J connectivity index is 2.37. The number of hydrogen-bond acceptors (Lipinski definition) is 5. The topological polar surface area (TPSA) is 53.5 Å². The highest BCUT2D eigenvalue weighted by Crippen LogP contribution is 2.39. The van der Waals surface area contributed by atoms with E-state index < -0.39 is 0 Å². The molecule has 1 heterocycles. The lowest BCUT2D eigenvalue weighted by Crippen LogP contribution is -1.95. The Bertz CT molecular complexity index is 466. The average molecular weight is 232 g/mol. The molecule has 0 aliphatic heterocycles. The predicted molar refractivity (Wildman–Crippen MR) is 61.7 cm³/mol. The normalized spacial score (nSPS) is 9.76. The molecule has 17 heavy (non-hydrogen) atoms. The predicted octanol–water partition coefficient (Wildman–Crippen LogP) is 2.29. The van der Waals surface area contributed by atoms with Crippen molar-refractivity contribution in [3.63, 3.8) is 0 Å². The van der Waals surface area contributed by atoms with Gasteiger partial charge in [0.05, 0.1) is 14.2 Å². The van der Waals surface area contributed by atoms with Crippen molar-refractivity contribution >= 4 is 0 Å². The number of para-hydroxylation sites is 1. The monoisotopic (exact) mass is 232 g/mol. The van der Waals surface area contributed by atoms with Gasteiger partial charge in [-0.2, -0.15) is 5.10 Å². The molecule has 2 aromatic rings. The van der Waals surface area contributed by atoms with Gasteiger partial charge in [0.2, 0.25) is 11.6 Å². The molecule has 0 bridgehead atoms. The van der Waals surface area contributed by atoms with Crippen LogP contribution in [-0.2, 0) is 0 Å². The fourth-order valence-corrected chi connectivity index (χ4v) is 1.36. The van der Waals surface area contributed by atoms with Crippen molar-refractivity contribution in [2.24, 2.45) is 0 Å². The van der Waals surface area contributed by atoms with Crippen LogP contribution in [0, 0.1) is 0 Å². The third-order valence-electron chi connectivity index (χ3n) is 2.14. The molecule has 1 aromatic heterocycles. The molecule has 88 valence electrons. The highest BCUT2D eigenvalue weighted by molar-refractivity contribution is 5.52. The number of hydrogen-bond donors (Lipinski definition) is 0. The van der Waals surface area contributed by atoms with E-state index in [9.17, 15) is 0 Å². The second-order valence-corrected chi connectivity index (χ2v) is 3.16. The Labute approximate surface area is 99.0 Å². The number of benzene rings is 1. The molecule has 1 aromatic carbocycles. The van der Waals surface area contributed by atoms with Crippen LogP contribution in [-0.4, -0.2) is 24.4 Å². The van der Waals surface area contributed by atoms with Gasteiger partial charge in [0.1, 0.15) is 0 Å². The van der Waals surface area contributed by atoms with E-state index in [1.165, 1.54) is 0 Å². The fraction of sp³-hybridized carbons (Fsp3) is 0.167. The summed E-state index contributed by atoms with van der Waals surface area (Å²) in [5.74, 6) is 2.03. The molecule has 0 saturated heterocycles. The second-order valence-electron chi connectivity index (χ2n) is 3.16. The fourth-order valence-electron chi connectivity index (χ4n) is 1.36. The zero-order valence-electron chi connectivity index (χ0n) is 9.58. The van der Waals surface area contributed by atoms with Gasteiger partial charge in [-0.15, -0.1) is 5.10 Å². The minimum Gasteiger partial charge on any atom is -0.493 e. The van der Waals surface area contributed by atoms with Crippen LogP contribution in [0.1, 0.15) is 0 Å². The summed E-state index contributed by atoms with van der Waals surface area (Å²) in [6.45, 7) is 0. The van der Waals surface area contributed by atoms with E-state index in [2.05, 4.69) is 10.2 Å². The van der Waals surface area contributed by atoms with Crippen molar-refractivity contribution in [2.75, 3.05) is 14.2 Å². The zero-order chi connectivity index (χ0) is 12.1. The van der Waals surface area contributed by atoms with Crippen LogP contribution >= 0.6 is 0 Å². The Morgan fingerprint density at radius 3 is 2.18 bits per heavy atom. The van der Waals surface area contributed by atoms with Gasteiger partial charge in [-0.3, -0.25) is 0 Å². The maximum atomic E-state index is 5.60. The van der Waals surface area contributed by atoms with Crippen molar-refractivity contribution in [3.05, 3.63) is 36.5 Å². The van der Waals surface area contributed by atoms with Crippen LogP contribution < -0.4 is 14.2 Å². The van der Waals surface area contributed by atoms with Crippen LogP contribution in [0.15, 0.2) is 36.5 Å². The maximum absolute atomic E-state index is 5.60. The van der Waals surface area contributed by atoms with E-state index in [0.717, 1.165) is 0 Å². The molecule has 0 aliphatic carbocycles. The SMILES string of the molecule is COc1cccc(OC)c1Oc1cccnn1. The Morgan fingerprint density at radius 2 is 1.65 bits per heavy atom. The van der Waals surface area contributed by atoms with Crippen molar-refractivity contribution in [2.45, 2.75) is 0 Å². The van der Waals surface area contributed by atoms with Crippen LogP contribution in [0.5, 0.6) is 23.1 Å². The Hall–Kier alpha value is -2.30. The quantitative estimate of drug-likeness (QED) is 0.809. The minimum atomic E-state index is 0.385. The molecule has 0 N–H and O–H groups in total. The first-order chi connectivity index (χ1) is 8.35. The lowest BCUT2D eigenvalue weighted by Gasteiger charge is -2.12. The number of rotatable bonds is 4. The Kier molecular flexibility index (Phi) is 3.40. The van der Waals surface area contributed by atoms with E-state index in [1.807, 2.05) is 6.07 Å². The van der Waals surface area contributed by atoms with Crippen molar-refractivity contribution < 1.29 is 14.2 Å².